The molecule has 2 heterocycles. The highest BCUT2D eigenvalue weighted by Gasteiger charge is 2.17. The first-order chi connectivity index (χ1) is 12.6. The number of nitriles is 1. The first-order valence-corrected chi connectivity index (χ1v) is 9.05. The molecule has 0 aliphatic carbocycles. The standard InChI is InChI=1S/C18H17N5O2S/c1-3-11-8-16(26-10-15(24)22-18(25)20-2)23-14-7-5-4-6-13(14)21-17(23)12(11)9-19/h4-8H,3,10H2,1-2H3,(H2,20,22,24,25). The molecule has 0 aliphatic rings. The van der Waals surface area contributed by atoms with Gasteiger partial charge in [0.2, 0.25) is 5.91 Å². The number of fused-ring (bicyclic) bond motifs is 3. The minimum absolute atomic E-state index is 0.0735. The van der Waals surface area contributed by atoms with Gasteiger partial charge in [0.25, 0.3) is 0 Å². The summed E-state index contributed by atoms with van der Waals surface area (Å²) in [6, 6.07) is 11.2. The Morgan fingerprint density at radius 1 is 1.35 bits per heavy atom. The van der Waals surface area contributed by atoms with Crippen LogP contribution in [0.1, 0.15) is 18.1 Å². The maximum Gasteiger partial charge on any atom is 0.321 e. The van der Waals surface area contributed by atoms with Crippen molar-refractivity contribution in [2.45, 2.75) is 18.4 Å². The molecule has 3 rings (SSSR count). The number of thioether (sulfide) groups is 1. The molecule has 3 amide bonds. The molecule has 26 heavy (non-hydrogen) atoms. The second-order valence-corrected chi connectivity index (χ2v) is 6.52. The van der Waals surface area contributed by atoms with Crippen molar-refractivity contribution < 1.29 is 9.59 Å². The van der Waals surface area contributed by atoms with Crippen LogP contribution in [0.25, 0.3) is 16.7 Å². The van der Waals surface area contributed by atoms with Crippen molar-refractivity contribution in [2.75, 3.05) is 12.8 Å². The number of amides is 3. The highest BCUT2D eigenvalue weighted by molar-refractivity contribution is 7.99. The van der Waals surface area contributed by atoms with Gasteiger partial charge in [0.1, 0.15) is 6.07 Å². The lowest BCUT2D eigenvalue weighted by Gasteiger charge is -2.11. The average Bonchev–Trinajstić information content (AvgIpc) is 3.04. The predicted octanol–water partition coefficient (Wildman–Crippen LogP) is 2.47. The molecule has 0 saturated heterocycles. The average molecular weight is 367 g/mol. The number of pyridine rings is 1. The number of aryl methyl sites for hydroxylation is 1. The summed E-state index contributed by atoms with van der Waals surface area (Å²) in [7, 11) is 1.45. The van der Waals surface area contributed by atoms with Crippen LogP contribution in [-0.2, 0) is 11.2 Å². The Balaban J connectivity index is 2.08. The van der Waals surface area contributed by atoms with Crippen molar-refractivity contribution >= 4 is 40.4 Å². The number of hydrogen-bond donors (Lipinski definition) is 2. The zero-order valence-corrected chi connectivity index (χ0v) is 15.2. The summed E-state index contributed by atoms with van der Waals surface area (Å²) >= 11 is 1.30. The molecule has 3 aromatic rings. The fourth-order valence-corrected chi connectivity index (χ4v) is 3.61. The molecule has 0 saturated carbocycles. The minimum atomic E-state index is -0.539. The van der Waals surface area contributed by atoms with E-state index in [9.17, 15) is 14.9 Å². The highest BCUT2D eigenvalue weighted by atomic mass is 32.2. The van der Waals surface area contributed by atoms with Gasteiger partial charge in [-0.05, 0) is 30.2 Å². The number of benzene rings is 1. The van der Waals surface area contributed by atoms with Crippen molar-refractivity contribution in [3.8, 4) is 6.07 Å². The van der Waals surface area contributed by atoms with Gasteiger partial charge in [-0.15, -0.1) is 0 Å². The number of carbonyl (C=O) groups is 2. The van der Waals surface area contributed by atoms with E-state index in [0.717, 1.165) is 21.6 Å². The van der Waals surface area contributed by atoms with Gasteiger partial charge in [0.15, 0.2) is 5.65 Å². The zero-order chi connectivity index (χ0) is 18.7. The van der Waals surface area contributed by atoms with Crippen LogP contribution >= 0.6 is 11.8 Å². The molecule has 0 fully saturated rings. The van der Waals surface area contributed by atoms with Crippen molar-refractivity contribution in [2.24, 2.45) is 0 Å². The highest BCUT2D eigenvalue weighted by Crippen LogP contribution is 2.29. The third-order valence-corrected chi connectivity index (χ3v) is 4.95. The van der Waals surface area contributed by atoms with Gasteiger partial charge in [0.05, 0.1) is 27.4 Å². The van der Waals surface area contributed by atoms with E-state index in [2.05, 4.69) is 21.7 Å². The summed E-state index contributed by atoms with van der Waals surface area (Å²) in [6.07, 6.45) is 0.681. The first-order valence-electron chi connectivity index (χ1n) is 8.06. The fourth-order valence-electron chi connectivity index (χ4n) is 2.72. The lowest BCUT2D eigenvalue weighted by Crippen LogP contribution is -2.38. The largest absolute Gasteiger partial charge is 0.341 e. The number of rotatable bonds is 4. The number of urea groups is 1. The normalized spacial score (nSPS) is 10.7. The van der Waals surface area contributed by atoms with Crippen molar-refractivity contribution in [1.29, 1.82) is 5.26 Å². The van der Waals surface area contributed by atoms with Gasteiger partial charge in [-0.3, -0.25) is 14.5 Å². The molecule has 1 aromatic carbocycles. The molecule has 2 aromatic heterocycles. The van der Waals surface area contributed by atoms with E-state index in [0.29, 0.717) is 17.6 Å². The zero-order valence-electron chi connectivity index (χ0n) is 14.4. The van der Waals surface area contributed by atoms with Crippen LogP contribution in [0.2, 0.25) is 0 Å². The van der Waals surface area contributed by atoms with Gasteiger partial charge < -0.3 is 5.32 Å². The molecule has 0 aliphatic heterocycles. The lowest BCUT2D eigenvalue weighted by atomic mass is 10.1. The number of carbonyl (C=O) groups excluding carboxylic acids is 2. The van der Waals surface area contributed by atoms with E-state index in [1.54, 1.807) is 0 Å². The molecule has 7 nitrogen and oxygen atoms in total. The molecule has 0 bridgehead atoms. The summed E-state index contributed by atoms with van der Waals surface area (Å²) in [5, 5.41) is 15.0. The van der Waals surface area contributed by atoms with Gasteiger partial charge in [-0.2, -0.15) is 5.26 Å². The van der Waals surface area contributed by atoms with Crippen LogP contribution in [0.4, 0.5) is 4.79 Å². The Bertz CT molecular complexity index is 1050. The van der Waals surface area contributed by atoms with Gasteiger partial charge in [-0.25, -0.2) is 9.78 Å². The number of nitrogens with one attached hydrogen (secondary N) is 2. The van der Waals surface area contributed by atoms with Crippen molar-refractivity contribution in [1.82, 2.24) is 20.0 Å². The van der Waals surface area contributed by atoms with Crippen LogP contribution < -0.4 is 10.6 Å². The van der Waals surface area contributed by atoms with Gasteiger partial charge in [0, 0.05) is 7.05 Å². The Morgan fingerprint density at radius 3 is 2.81 bits per heavy atom. The maximum absolute atomic E-state index is 11.9. The SMILES string of the molecule is CCc1cc(SCC(=O)NC(=O)NC)n2c(nc3ccccc32)c1C#N. The monoisotopic (exact) mass is 367 g/mol. The molecule has 0 spiro atoms. The number of hydrogen-bond acceptors (Lipinski definition) is 5. The Hall–Kier alpha value is -3.05. The molecule has 8 heteroatoms. The molecular formula is C18H17N5O2S. The Labute approximate surface area is 154 Å². The summed E-state index contributed by atoms with van der Waals surface area (Å²) < 4.78 is 1.89. The number of imidazole rings is 1. The van der Waals surface area contributed by atoms with E-state index < -0.39 is 11.9 Å². The molecule has 0 radical (unpaired) electrons. The van der Waals surface area contributed by atoms with E-state index in [1.165, 1.54) is 18.8 Å². The minimum Gasteiger partial charge on any atom is -0.341 e. The summed E-state index contributed by atoms with van der Waals surface area (Å²) in [4.78, 5) is 27.8. The van der Waals surface area contributed by atoms with Crippen LogP contribution in [-0.4, -0.2) is 34.1 Å². The van der Waals surface area contributed by atoms with Crippen LogP contribution in [0.15, 0.2) is 35.4 Å². The first kappa shape index (κ1) is 17.8. The summed E-state index contributed by atoms with van der Waals surface area (Å²) in [5.74, 6) is -0.321. The molecule has 0 atom stereocenters. The summed E-state index contributed by atoms with van der Waals surface area (Å²) in [6.45, 7) is 1.97. The summed E-state index contributed by atoms with van der Waals surface area (Å²) in [5.41, 5.74) is 3.67. The second kappa shape index (κ2) is 7.45. The second-order valence-electron chi connectivity index (χ2n) is 5.52. The third kappa shape index (κ3) is 3.21. The van der Waals surface area contributed by atoms with E-state index >= 15 is 0 Å². The fraction of sp³-hybridized carbons (Fsp3) is 0.222. The van der Waals surface area contributed by atoms with E-state index in [4.69, 9.17) is 0 Å². The molecular weight excluding hydrogens is 350 g/mol. The van der Waals surface area contributed by atoms with Crippen LogP contribution in [0.5, 0.6) is 0 Å². The van der Waals surface area contributed by atoms with Crippen molar-refractivity contribution in [3.63, 3.8) is 0 Å². The van der Waals surface area contributed by atoms with Crippen LogP contribution in [0, 0.1) is 11.3 Å². The molecule has 2 N–H and O–H groups in total. The topological polar surface area (TPSA) is 99.3 Å². The van der Waals surface area contributed by atoms with Gasteiger partial charge in [-0.1, -0.05) is 30.8 Å². The van der Waals surface area contributed by atoms with E-state index in [-0.39, 0.29) is 5.75 Å². The molecule has 132 valence electrons. The number of nitrogens with zero attached hydrogens (tertiary/aromatic N) is 3. The Morgan fingerprint density at radius 2 is 2.12 bits per heavy atom. The predicted molar refractivity (Wildman–Crippen MR) is 100 cm³/mol. The lowest BCUT2D eigenvalue weighted by molar-refractivity contribution is -0.117. The number of aromatic nitrogens is 2. The number of imide groups is 1. The maximum atomic E-state index is 11.9. The Kier molecular flexibility index (Phi) is 5.09. The van der Waals surface area contributed by atoms with E-state index in [1.807, 2.05) is 41.7 Å². The quantitative estimate of drug-likeness (QED) is 0.690. The van der Waals surface area contributed by atoms with Crippen molar-refractivity contribution in [3.05, 3.63) is 41.5 Å². The van der Waals surface area contributed by atoms with Crippen LogP contribution in [0.3, 0.4) is 0 Å². The number of para-hydroxylation sites is 2. The molecule has 0 unspecified atom stereocenters. The smallest absolute Gasteiger partial charge is 0.321 e. The third-order valence-electron chi connectivity index (χ3n) is 3.95. The van der Waals surface area contributed by atoms with Gasteiger partial charge >= 0.3 is 6.03 Å².